The minimum absolute atomic E-state index is 0.0951. The van der Waals surface area contributed by atoms with Crippen LogP contribution in [-0.2, 0) is 20.8 Å². The number of carbonyl (C=O) groups excluding carboxylic acids is 2. The number of amides is 2. The minimum atomic E-state index is -0.899. The molecule has 0 radical (unpaired) electrons. The maximum absolute atomic E-state index is 13.7. The normalized spacial score (nSPS) is 16.7. The van der Waals surface area contributed by atoms with Crippen LogP contribution in [0.3, 0.4) is 0 Å². The van der Waals surface area contributed by atoms with Crippen molar-refractivity contribution in [3.05, 3.63) is 29.6 Å². The number of piperidine rings is 1. The van der Waals surface area contributed by atoms with E-state index >= 15 is 0 Å². The number of ether oxygens (including phenoxy) is 1. The van der Waals surface area contributed by atoms with Crippen LogP contribution < -0.4 is 4.74 Å². The fourth-order valence-corrected chi connectivity index (χ4v) is 3.10. The van der Waals surface area contributed by atoms with E-state index in [4.69, 9.17) is 9.84 Å². The van der Waals surface area contributed by atoms with Crippen molar-refractivity contribution >= 4 is 17.8 Å². The van der Waals surface area contributed by atoms with E-state index in [1.165, 1.54) is 36.1 Å². The van der Waals surface area contributed by atoms with Gasteiger partial charge in [0.15, 0.2) is 11.6 Å². The monoisotopic (exact) mass is 380 g/mol. The number of likely N-dealkylation sites (tertiary alicyclic amines) is 1. The lowest BCUT2D eigenvalue weighted by Crippen LogP contribution is -2.46. The van der Waals surface area contributed by atoms with E-state index in [-0.39, 0.29) is 37.1 Å². The number of rotatable bonds is 7. The Bertz CT molecular complexity index is 709. The van der Waals surface area contributed by atoms with Gasteiger partial charge in [-0.1, -0.05) is 6.07 Å². The number of carboxylic acids is 1. The second-order valence-corrected chi connectivity index (χ2v) is 6.74. The van der Waals surface area contributed by atoms with E-state index < -0.39 is 17.7 Å². The maximum atomic E-state index is 13.7. The van der Waals surface area contributed by atoms with Crippen LogP contribution in [0.4, 0.5) is 4.39 Å². The van der Waals surface area contributed by atoms with Gasteiger partial charge in [0.2, 0.25) is 11.8 Å². The van der Waals surface area contributed by atoms with Gasteiger partial charge in [0.05, 0.1) is 19.6 Å². The van der Waals surface area contributed by atoms with Gasteiger partial charge in [0.25, 0.3) is 0 Å². The van der Waals surface area contributed by atoms with Crippen LogP contribution in [0.5, 0.6) is 5.75 Å². The molecule has 1 saturated heterocycles. The smallest absolute Gasteiger partial charge is 0.308 e. The first-order valence-electron chi connectivity index (χ1n) is 8.88. The zero-order valence-electron chi connectivity index (χ0n) is 15.6. The molecule has 1 fully saturated rings. The molecule has 7 nitrogen and oxygen atoms in total. The van der Waals surface area contributed by atoms with Gasteiger partial charge in [-0.25, -0.2) is 4.39 Å². The highest BCUT2D eigenvalue weighted by Crippen LogP contribution is 2.19. The molecule has 0 aromatic heterocycles. The number of methoxy groups -OCH3 is 1. The molecule has 0 saturated carbocycles. The number of benzene rings is 1. The van der Waals surface area contributed by atoms with E-state index in [0.29, 0.717) is 31.4 Å². The second kappa shape index (κ2) is 9.34. The highest BCUT2D eigenvalue weighted by molar-refractivity contribution is 5.85. The Morgan fingerprint density at radius 3 is 2.74 bits per heavy atom. The van der Waals surface area contributed by atoms with Crippen LogP contribution in [0, 0.1) is 11.7 Å². The summed E-state index contributed by atoms with van der Waals surface area (Å²) in [5, 5.41) is 9.10. The molecule has 1 aromatic rings. The molecule has 2 amide bonds. The summed E-state index contributed by atoms with van der Waals surface area (Å²) in [7, 11) is 2.92. The van der Waals surface area contributed by atoms with Gasteiger partial charge < -0.3 is 19.6 Å². The predicted molar refractivity (Wildman–Crippen MR) is 95.8 cm³/mol. The third-order valence-electron chi connectivity index (χ3n) is 4.77. The van der Waals surface area contributed by atoms with Crippen molar-refractivity contribution in [2.45, 2.75) is 25.7 Å². The zero-order valence-corrected chi connectivity index (χ0v) is 15.6. The molecule has 1 aromatic carbocycles. The molecule has 0 bridgehead atoms. The van der Waals surface area contributed by atoms with Crippen LogP contribution in [0.15, 0.2) is 18.2 Å². The number of aliphatic carboxylic acids is 1. The lowest BCUT2D eigenvalue weighted by atomic mass is 9.98. The molecule has 1 unspecified atom stereocenters. The van der Waals surface area contributed by atoms with Crippen molar-refractivity contribution in [1.82, 2.24) is 9.80 Å². The predicted octanol–water partition coefficient (Wildman–Crippen LogP) is 1.55. The Morgan fingerprint density at radius 1 is 1.37 bits per heavy atom. The summed E-state index contributed by atoms with van der Waals surface area (Å²) < 4.78 is 18.5. The number of hydrogen-bond acceptors (Lipinski definition) is 4. The summed E-state index contributed by atoms with van der Waals surface area (Å²) in [6.45, 7) is 0.596. The Kier molecular flexibility index (Phi) is 7.15. The molecular weight excluding hydrogens is 355 g/mol. The van der Waals surface area contributed by atoms with Gasteiger partial charge in [0.1, 0.15) is 0 Å². The Balaban J connectivity index is 1.83. The van der Waals surface area contributed by atoms with Crippen LogP contribution in [0.25, 0.3) is 0 Å². The zero-order chi connectivity index (χ0) is 20.0. The fourth-order valence-electron chi connectivity index (χ4n) is 3.10. The van der Waals surface area contributed by atoms with E-state index in [2.05, 4.69) is 0 Å². The van der Waals surface area contributed by atoms with Crippen LogP contribution >= 0.6 is 0 Å². The van der Waals surface area contributed by atoms with Gasteiger partial charge in [-0.3, -0.25) is 14.4 Å². The van der Waals surface area contributed by atoms with E-state index in [1.807, 2.05) is 0 Å². The van der Waals surface area contributed by atoms with Crippen LogP contribution in [-0.4, -0.2) is 66.5 Å². The second-order valence-electron chi connectivity index (χ2n) is 6.74. The topological polar surface area (TPSA) is 87.2 Å². The SMILES string of the molecule is COc1ccc(CCC(=O)N(C)CC(=O)N2CCCC(C(=O)O)C2)cc1F. The van der Waals surface area contributed by atoms with Gasteiger partial charge in [-0.05, 0) is 37.0 Å². The van der Waals surface area contributed by atoms with E-state index in [9.17, 15) is 18.8 Å². The lowest BCUT2D eigenvalue weighted by molar-refractivity contribution is -0.147. The number of carboxylic acid groups (broad SMARTS) is 1. The molecule has 0 spiro atoms. The molecule has 1 aliphatic rings. The lowest BCUT2D eigenvalue weighted by Gasteiger charge is -2.32. The number of nitrogens with zero attached hydrogens (tertiary/aromatic N) is 2. The first-order chi connectivity index (χ1) is 12.8. The maximum Gasteiger partial charge on any atom is 0.308 e. The summed E-state index contributed by atoms with van der Waals surface area (Å²) in [6.07, 6.45) is 1.70. The molecule has 1 N–H and O–H groups in total. The highest BCUT2D eigenvalue weighted by atomic mass is 19.1. The van der Waals surface area contributed by atoms with E-state index in [0.717, 1.165) is 0 Å². The van der Waals surface area contributed by atoms with Crippen molar-refractivity contribution in [3.8, 4) is 5.75 Å². The number of likely N-dealkylation sites (N-methyl/N-ethyl adjacent to an activating group) is 1. The first kappa shape index (κ1) is 20.7. The van der Waals surface area contributed by atoms with Gasteiger partial charge in [-0.15, -0.1) is 0 Å². The minimum Gasteiger partial charge on any atom is -0.494 e. The molecule has 0 aliphatic carbocycles. The van der Waals surface area contributed by atoms with Crippen molar-refractivity contribution < 1.29 is 28.6 Å². The quantitative estimate of drug-likeness (QED) is 0.776. The number of halogens is 1. The Labute approximate surface area is 157 Å². The number of aryl methyl sites for hydroxylation is 1. The molecule has 1 atom stereocenters. The third-order valence-corrected chi connectivity index (χ3v) is 4.77. The standard InChI is InChI=1S/C19H25FN2O5/c1-21(12-18(24)22-9-3-4-14(11-22)19(25)26)17(23)8-6-13-5-7-16(27-2)15(20)10-13/h5,7,10,14H,3-4,6,8-9,11-12H2,1-2H3,(H,25,26). The summed E-state index contributed by atoms with van der Waals surface area (Å²) in [5.74, 6) is -2.27. The number of carbonyl (C=O) groups is 3. The van der Waals surface area contributed by atoms with Crippen LogP contribution in [0.2, 0.25) is 0 Å². The summed E-state index contributed by atoms with van der Waals surface area (Å²) >= 11 is 0. The third kappa shape index (κ3) is 5.67. The Hall–Kier alpha value is -2.64. The molecule has 2 rings (SSSR count). The molecule has 148 valence electrons. The van der Waals surface area contributed by atoms with E-state index in [1.54, 1.807) is 6.07 Å². The van der Waals surface area contributed by atoms with Crippen molar-refractivity contribution in [2.75, 3.05) is 33.8 Å². The van der Waals surface area contributed by atoms with Gasteiger partial charge in [-0.2, -0.15) is 0 Å². The van der Waals surface area contributed by atoms with Crippen molar-refractivity contribution in [2.24, 2.45) is 5.92 Å². The molecule has 1 heterocycles. The van der Waals surface area contributed by atoms with Gasteiger partial charge >= 0.3 is 5.97 Å². The van der Waals surface area contributed by atoms with Crippen LogP contribution in [0.1, 0.15) is 24.8 Å². The van der Waals surface area contributed by atoms with Gasteiger partial charge in [0, 0.05) is 26.6 Å². The van der Waals surface area contributed by atoms with Crippen molar-refractivity contribution in [3.63, 3.8) is 0 Å². The first-order valence-corrected chi connectivity index (χ1v) is 8.88. The molecule has 1 aliphatic heterocycles. The molecule has 27 heavy (non-hydrogen) atoms. The van der Waals surface area contributed by atoms with Crippen molar-refractivity contribution in [1.29, 1.82) is 0 Å². The molecular formula is C19H25FN2O5. The summed E-state index contributed by atoms with van der Waals surface area (Å²) in [5.41, 5.74) is 0.668. The summed E-state index contributed by atoms with van der Waals surface area (Å²) in [6, 6.07) is 4.54. The average Bonchev–Trinajstić information content (AvgIpc) is 2.66. The average molecular weight is 380 g/mol. The Morgan fingerprint density at radius 2 is 2.11 bits per heavy atom. The fraction of sp³-hybridized carbons (Fsp3) is 0.526. The molecule has 8 heteroatoms. The largest absolute Gasteiger partial charge is 0.494 e. The highest BCUT2D eigenvalue weighted by Gasteiger charge is 2.28. The number of hydrogen-bond donors (Lipinski definition) is 1. The summed E-state index contributed by atoms with van der Waals surface area (Å²) in [4.78, 5) is 38.5.